The molecule has 0 saturated carbocycles. The van der Waals surface area contributed by atoms with Gasteiger partial charge in [0.1, 0.15) is 0 Å². The van der Waals surface area contributed by atoms with Gasteiger partial charge in [0, 0.05) is 6.42 Å². The maximum Gasteiger partial charge on any atom is 0.305 e. The highest BCUT2D eigenvalue weighted by atomic mass is 16.6. The van der Waals surface area contributed by atoms with Gasteiger partial charge in [-0.15, -0.1) is 0 Å². The second-order valence-electron chi connectivity index (χ2n) is 6.82. The van der Waals surface area contributed by atoms with E-state index >= 15 is 0 Å². The molecule has 1 N–H and O–H groups in total. The fourth-order valence-electron chi connectivity index (χ4n) is 3.07. The SMILES string of the molecule is CCCCC[C@H]1O[C@@H]1CC[C@H](O)CCCCCCCC(=O)OC. The Morgan fingerprint density at radius 3 is 2.43 bits per heavy atom. The molecule has 0 radical (unpaired) electrons. The molecule has 0 spiro atoms. The van der Waals surface area contributed by atoms with Crippen LogP contribution in [-0.4, -0.2) is 36.5 Å². The van der Waals surface area contributed by atoms with Crippen LogP contribution in [-0.2, 0) is 14.3 Å². The average Bonchev–Trinajstić information content (AvgIpc) is 3.30. The minimum Gasteiger partial charge on any atom is -0.469 e. The summed E-state index contributed by atoms with van der Waals surface area (Å²) in [7, 11) is 1.43. The maximum atomic E-state index is 11.0. The van der Waals surface area contributed by atoms with Gasteiger partial charge in [-0.05, 0) is 32.1 Å². The minimum absolute atomic E-state index is 0.115. The molecular formula is C19H36O4. The highest BCUT2D eigenvalue weighted by Crippen LogP contribution is 2.31. The number of unbranched alkanes of at least 4 members (excludes halogenated alkanes) is 6. The number of carbonyl (C=O) groups excluding carboxylic acids is 1. The molecule has 3 atom stereocenters. The molecule has 1 saturated heterocycles. The summed E-state index contributed by atoms with van der Waals surface area (Å²) in [6.07, 6.45) is 14.4. The molecule has 0 bridgehead atoms. The van der Waals surface area contributed by atoms with Crippen molar-refractivity contribution in [2.75, 3.05) is 7.11 Å². The van der Waals surface area contributed by atoms with Gasteiger partial charge >= 0.3 is 5.97 Å². The third kappa shape index (κ3) is 10.7. The fourth-order valence-corrected chi connectivity index (χ4v) is 3.07. The Labute approximate surface area is 141 Å². The predicted molar refractivity (Wildman–Crippen MR) is 92.4 cm³/mol. The van der Waals surface area contributed by atoms with Crippen molar-refractivity contribution in [3.05, 3.63) is 0 Å². The Bertz CT molecular complexity index is 306. The van der Waals surface area contributed by atoms with Crippen molar-refractivity contribution in [1.29, 1.82) is 0 Å². The predicted octanol–water partition coefficient (Wildman–Crippen LogP) is 4.38. The first-order valence-corrected chi connectivity index (χ1v) is 9.57. The molecular weight excluding hydrogens is 292 g/mol. The summed E-state index contributed by atoms with van der Waals surface area (Å²) in [6.45, 7) is 2.22. The third-order valence-corrected chi connectivity index (χ3v) is 4.71. The Balaban J connectivity index is 1.84. The number of carbonyl (C=O) groups is 1. The number of hydrogen-bond acceptors (Lipinski definition) is 4. The first-order chi connectivity index (χ1) is 11.2. The molecule has 0 aromatic heterocycles. The summed E-state index contributed by atoms with van der Waals surface area (Å²) in [5.74, 6) is -0.115. The molecule has 1 rings (SSSR count). The molecule has 4 heteroatoms. The van der Waals surface area contributed by atoms with Gasteiger partial charge in [-0.3, -0.25) is 4.79 Å². The molecule has 136 valence electrons. The van der Waals surface area contributed by atoms with Crippen LogP contribution in [0.4, 0.5) is 0 Å². The Hall–Kier alpha value is -0.610. The van der Waals surface area contributed by atoms with Crippen LogP contribution in [0.25, 0.3) is 0 Å². The number of epoxide rings is 1. The normalized spacial score (nSPS) is 21.2. The summed E-state index contributed by atoms with van der Waals surface area (Å²) in [5, 5.41) is 10.0. The molecule has 0 aromatic rings. The lowest BCUT2D eigenvalue weighted by Gasteiger charge is -2.09. The van der Waals surface area contributed by atoms with Crippen LogP contribution in [0.2, 0.25) is 0 Å². The molecule has 0 aliphatic carbocycles. The average molecular weight is 328 g/mol. The maximum absolute atomic E-state index is 11.0. The molecule has 1 fully saturated rings. The molecule has 4 nitrogen and oxygen atoms in total. The van der Waals surface area contributed by atoms with Crippen molar-refractivity contribution < 1.29 is 19.4 Å². The summed E-state index contributed by atoms with van der Waals surface area (Å²) in [4.78, 5) is 11.0. The lowest BCUT2D eigenvalue weighted by molar-refractivity contribution is -0.140. The number of methoxy groups -OCH3 is 1. The number of ether oxygens (including phenoxy) is 2. The van der Waals surface area contributed by atoms with Gasteiger partial charge < -0.3 is 14.6 Å². The van der Waals surface area contributed by atoms with Crippen molar-refractivity contribution in [2.24, 2.45) is 0 Å². The second-order valence-corrected chi connectivity index (χ2v) is 6.82. The van der Waals surface area contributed by atoms with Gasteiger partial charge in [-0.2, -0.15) is 0 Å². The summed E-state index contributed by atoms with van der Waals surface area (Å²) in [5.41, 5.74) is 0. The Kier molecular flexibility index (Phi) is 11.3. The third-order valence-electron chi connectivity index (χ3n) is 4.71. The van der Waals surface area contributed by atoms with Crippen molar-refractivity contribution in [2.45, 2.75) is 109 Å². The van der Waals surface area contributed by atoms with Gasteiger partial charge in [0.05, 0.1) is 25.4 Å². The van der Waals surface area contributed by atoms with Crippen molar-refractivity contribution >= 4 is 5.97 Å². The zero-order valence-electron chi connectivity index (χ0n) is 15.1. The monoisotopic (exact) mass is 328 g/mol. The van der Waals surface area contributed by atoms with Crippen molar-refractivity contribution in [3.8, 4) is 0 Å². The molecule has 0 unspecified atom stereocenters. The number of rotatable bonds is 15. The van der Waals surface area contributed by atoms with Gasteiger partial charge in [-0.25, -0.2) is 0 Å². The van der Waals surface area contributed by atoms with Crippen LogP contribution < -0.4 is 0 Å². The van der Waals surface area contributed by atoms with E-state index in [-0.39, 0.29) is 12.1 Å². The summed E-state index contributed by atoms with van der Waals surface area (Å²) >= 11 is 0. The lowest BCUT2D eigenvalue weighted by Crippen LogP contribution is -2.08. The molecule has 23 heavy (non-hydrogen) atoms. The Morgan fingerprint density at radius 2 is 1.70 bits per heavy atom. The number of esters is 1. The van der Waals surface area contributed by atoms with Crippen LogP contribution in [0.15, 0.2) is 0 Å². The summed E-state index contributed by atoms with van der Waals surface area (Å²) < 4.78 is 10.3. The van der Waals surface area contributed by atoms with Crippen LogP contribution in [0.1, 0.15) is 90.4 Å². The highest BCUT2D eigenvalue weighted by molar-refractivity contribution is 5.68. The number of hydrogen-bond donors (Lipinski definition) is 1. The highest BCUT2D eigenvalue weighted by Gasteiger charge is 2.37. The first kappa shape index (κ1) is 20.4. The number of aliphatic hydroxyl groups is 1. The molecule has 1 aliphatic heterocycles. The second kappa shape index (κ2) is 12.8. The van der Waals surface area contributed by atoms with Crippen LogP contribution in [0.5, 0.6) is 0 Å². The van der Waals surface area contributed by atoms with Crippen LogP contribution >= 0.6 is 0 Å². The van der Waals surface area contributed by atoms with Crippen molar-refractivity contribution in [3.63, 3.8) is 0 Å². The molecule has 0 aromatic carbocycles. The van der Waals surface area contributed by atoms with E-state index in [0.29, 0.717) is 18.6 Å². The number of aliphatic hydroxyl groups excluding tert-OH is 1. The van der Waals surface area contributed by atoms with Gasteiger partial charge in [0.15, 0.2) is 0 Å². The van der Waals surface area contributed by atoms with Gasteiger partial charge in [-0.1, -0.05) is 51.9 Å². The largest absolute Gasteiger partial charge is 0.469 e. The van der Waals surface area contributed by atoms with E-state index in [1.807, 2.05) is 0 Å². The van der Waals surface area contributed by atoms with E-state index in [2.05, 4.69) is 11.7 Å². The molecule has 0 amide bonds. The quantitative estimate of drug-likeness (QED) is 0.275. The van der Waals surface area contributed by atoms with Gasteiger partial charge in [0.25, 0.3) is 0 Å². The Morgan fingerprint density at radius 1 is 1.00 bits per heavy atom. The topological polar surface area (TPSA) is 59.1 Å². The van der Waals surface area contributed by atoms with Crippen LogP contribution in [0, 0.1) is 0 Å². The lowest BCUT2D eigenvalue weighted by atomic mass is 10.0. The van der Waals surface area contributed by atoms with E-state index in [1.54, 1.807) is 0 Å². The van der Waals surface area contributed by atoms with Crippen LogP contribution in [0.3, 0.4) is 0 Å². The minimum atomic E-state index is -0.175. The van der Waals surface area contributed by atoms with E-state index in [4.69, 9.17) is 4.74 Å². The van der Waals surface area contributed by atoms with E-state index in [0.717, 1.165) is 51.4 Å². The molecule has 1 aliphatic rings. The van der Waals surface area contributed by atoms with E-state index in [9.17, 15) is 9.90 Å². The van der Waals surface area contributed by atoms with Gasteiger partial charge in [0.2, 0.25) is 0 Å². The smallest absolute Gasteiger partial charge is 0.305 e. The molecule has 1 heterocycles. The van der Waals surface area contributed by atoms with Crippen molar-refractivity contribution in [1.82, 2.24) is 0 Å². The van der Waals surface area contributed by atoms with E-state index < -0.39 is 0 Å². The zero-order valence-corrected chi connectivity index (χ0v) is 15.1. The first-order valence-electron chi connectivity index (χ1n) is 9.57. The van der Waals surface area contributed by atoms with E-state index in [1.165, 1.54) is 32.8 Å². The standard InChI is InChI=1S/C19H36O4/c1-3-4-8-12-17-18(23-17)15-14-16(20)11-9-6-5-7-10-13-19(21)22-2/h16-18,20H,3-15H2,1-2H3/t16-,17-,18-/m1/s1. The fraction of sp³-hybridized carbons (Fsp3) is 0.947. The zero-order chi connectivity index (χ0) is 16.9. The summed E-state index contributed by atoms with van der Waals surface area (Å²) in [6, 6.07) is 0.